The van der Waals surface area contributed by atoms with Crippen molar-refractivity contribution in [1.82, 2.24) is 10.2 Å². The van der Waals surface area contributed by atoms with Gasteiger partial charge in [-0.3, -0.25) is 9.59 Å². The fourth-order valence-corrected chi connectivity index (χ4v) is 4.18. The van der Waals surface area contributed by atoms with Crippen molar-refractivity contribution < 1.29 is 14.3 Å². The molecule has 0 radical (unpaired) electrons. The molecule has 5 nitrogen and oxygen atoms in total. The Bertz CT molecular complexity index is 1170. The van der Waals surface area contributed by atoms with Crippen molar-refractivity contribution >= 4 is 27.7 Å². The Kier molecular flexibility index (Phi) is 10.1. The average molecular weight is 552 g/mol. The second kappa shape index (κ2) is 13.3. The second-order valence-corrected chi connectivity index (χ2v) is 10.1. The largest absolute Gasteiger partial charge is 0.484 e. The van der Waals surface area contributed by atoms with Crippen molar-refractivity contribution in [2.45, 2.75) is 59.2 Å². The molecular formula is C30H35BrN2O3. The lowest BCUT2D eigenvalue weighted by molar-refractivity contribution is -0.143. The predicted molar refractivity (Wildman–Crippen MR) is 148 cm³/mol. The number of nitrogens with zero attached hydrogens (tertiary/aromatic N) is 1. The second-order valence-electron chi connectivity index (χ2n) is 9.23. The van der Waals surface area contributed by atoms with Crippen molar-refractivity contribution in [3.63, 3.8) is 0 Å². The van der Waals surface area contributed by atoms with E-state index in [1.807, 2.05) is 100 Å². The number of hydrogen-bond acceptors (Lipinski definition) is 3. The Balaban J connectivity index is 1.91. The lowest BCUT2D eigenvalue weighted by Crippen LogP contribution is -2.53. The molecule has 3 aromatic carbocycles. The van der Waals surface area contributed by atoms with Crippen LogP contribution in [0, 0.1) is 13.8 Å². The van der Waals surface area contributed by atoms with Gasteiger partial charge in [-0.15, -0.1) is 0 Å². The first kappa shape index (κ1) is 27.5. The van der Waals surface area contributed by atoms with Crippen molar-refractivity contribution in [2.75, 3.05) is 6.61 Å². The smallest absolute Gasteiger partial charge is 0.261 e. The molecule has 0 aliphatic heterocycles. The summed E-state index contributed by atoms with van der Waals surface area (Å²) in [7, 11) is 0. The maximum Gasteiger partial charge on any atom is 0.261 e. The van der Waals surface area contributed by atoms with E-state index in [0.29, 0.717) is 18.7 Å². The van der Waals surface area contributed by atoms with Crippen LogP contribution < -0.4 is 10.1 Å². The SMILES string of the molecule is CCC(C)NC(=O)C(Cc1ccccc1)N(Cc1cccc(C)c1)C(=O)COc1ccc(Br)c(C)c1. The van der Waals surface area contributed by atoms with Crippen LogP contribution in [0.5, 0.6) is 5.75 Å². The Hall–Kier alpha value is -3.12. The molecule has 0 saturated carbocycles. The van der Waals surface area contributed by atoms with Gasteiger partial charge in [-0.25, -0.2) is 0 Å². The highest BCUT2D eigenvalue weighted by atomic mass is 79.9. The Labute approximate surface area is 223 Å². The fourth-order valence-electron chi connectivity index (χ4n) is 3.94. The fraction of sp³-hybridized carbons (Fsp3) is 0.333. The minimum absolute atomic E-state index is 0.00804. The molecule has 0 saturated heterocycles. The molecule has 1 N–H and O–H groups in total. The van der Waals surface area contributed by atoms with Crippen LogP contribution >= 0.6 is 15.9 Å². The summed E-state index contributed by atoms with van der Waals surface area (Å²) in [5.41, 5.74) is 4.09. The zero-order chi connectivity index (χ0) is 26.1. The topological polar surface area (TPSA) is 58.6 Å². The lowest BCUT2D eigenvalue weighted by Gasteiger charge is -2.32. The van der Waals surface area contributed by atoms with Crippen LogP contribution in [0.25, 0.3) is 0 Å². The summed E-state index contributed by atoms with van der Waals surface area (Å²) in [5, 5.41) is 3.09. The Morgan fingerprint density at radius 1 is 0.972 bits per heavy atom. The zero-order valence-corrected chi connectivity index (χ0v) is 23.0. The number of carbonyl (C=O) groups is 2. The van der Waals surface area contributed by atoms with Crippen LogP contribution in [-0.2, 0) is 22.6 Å². The number of carbonyl (C=O) groups excluding carboxylic acids is 2. The number of hydrogen-bond donors (Lipinski definition) is 1. The first-order valence-corrected chi connectivity index (χ1v) is 13.1. The number of rotatable bonds is 11. The molecule has 0 aromatic heterocycles. The van der Waals surface area contributed by atoms with Crippen molar-refractivity contribution in [3.8, 4) is 5.75 Å². The molecule has 2 amide bonds. The van der Waals surface area contributed by atoms with E-state index in [2.05, 4.69) is 21.2 Å². The quantitative estimate of drug-likeness (QED) is 0.318. The summed E-state index contributed by atoms with van der Waals surface area (Å²) >= 11 is 3.49. The van der Waals surface area contributed by atoms with E-state index >= 15 is 0 Å². The lowest BCUT2D eigenvalue weighted by atomic mass is 10.0. The highest BCUT2D eigenvalue weighted by Gasteiger charge is 2.31. The highest BCUT2D eigenvalue weighted by molar-refractivity contribution is 9.10. The molecule has 2 unspecified atom stereocenters. The molecule has 0 heterocycles. The van der Waals surface area contributed by atoms with Gasteiger partial charge in [0.25, 0.3) is 5.91 Å². The van der Waals surface area contributed by atoms with Gasteiger partial charge >= 0.3 is 0 Å². The van der Waals surface area contributed by atoms with Crippen LogP contribution in [0.4, 0.5) is 0 Å². The molecule has 36 heavy (non-hydrogen) atoms. The molecule has 190 valence electrons. The molecule has 0 aliphatic rings. The molecule has 0 fully saturated rings. The molecule has 3 rings (SSSR count). The van der Waals surface area contributed by atoms with E-state index < -0.39 is 6.04 Å². The maximum atomic E-state index is 13.7. The van der Waals surface area contributed by atoms with Crippen LogP contribution in [0.1, 0.15) is 42.5 Å². The Morgan fingerprint density at radius 2 is 1.69 bits per heavy atom. The molecule has 3 aromatic rings. The van der Waals surface area contributed by atoms with Gasteiger partial charge in [0.05, 0.1) is 0 Å². The van der Waals surface area contributed by atoms with Gasteiger partial charge in [-0.1, -0.05) is 83.0 Å². The van der Waals surface area contributed by atoms with Crippen molar-refractivity contribution in [3.05, 3.63) is 99.5 Å². The standard InChI is InChI=1S/C30H35BrN2O3/c1-5-23(4)32-30(35)28(18-24-11-7-6-8-12-24)33(19-25-13-9-10-21(2)16-25)29(34)20-36-26-14-15-27(31)22(3)17-26/h6-17,23,28H,5,18-20H2,1-4H3,(H,32,35). The van der Waals surface area contributed by atoms with E-state index in [4.69, 9.17) is 4.74 Å². The average Bonchev–Trinajstić information content (AvgIpc) is 2.87. The minimum Gasteiger partial charge on any atom is -0.484 e. The van der Waals surface area contributed by atoms with Gasteiger partial charge in [-0.2, -0.15) is 0 Å². The number of benzene rings is 3. The number of aryl methyl sites for hydroxylation is 2. The van der Waals surface area contributed by atoms with Gasteiger partial charge < -0.3 is 15.0 Å². The zero-order valence-electron chi connectivity index (χ0n) is 21.5. The number of halogens is 1. The molecule has 2 atom stereocenters. The van der Waals surface area contributed by atoms with Crippen LogP contribution in [0.3, 0.4) is 0 Å². The molecule has 0 spiro atoms. The van der Waals surface area contributed by atoms with Crippen LogP contribution in [-0.4, -0.2) is 35.4 Å². The first-order valence-electron chi connectivity index (χ1n) is 12.3. The third-order valence-electron chi connectivity index (χ3n) is 6.20. The van der Waals surface area contributed by atoms with E-state index in [1.54, 1.807) is 4.90 Å². The monoisotopic (exact) mass is 550 g/mol. The predicted octanol–water partition coefficient (Wildman–Crippen LogP) is 6.00. The van der Waals surface area contributed by atoms with E-state index in [-0.39, 0.29) is 24.5 Å². The van der Waals surface area contributed by atoms with Crippen LogP contribution in [0.2, 0.25) is 0 Å². The van der Waals surface area contributed by atoms with Gasteiger partial charge in [0.2, 0.25) is 5.91 Å². The van der Waals surface area contributed by atoms with Crippen molar-refractivity contribution in [2.24, 2.45) is 0 Å². The third kappa shape index (κ3) is 7.95. The van der Waals surface area contributed by atoms with Gasteiger partial charge in [-0.05, 0) is 62.1 Å². The normalized spacial score (nSPS) is 12.5. The summed E-state index contributed by atoms with van der Waals surface area (Å²) in [5.74, 6) is 0.217. The Morgan fingerprint density at radius 3 is 2.36 bits per heavy atom. The van der Waals surface area contributed by atoms with Gasteiger partial charge in [0.15, 0.2) is 6.61 Å². The van der Waals surface area contributed by atoms with Gasteiger partial charge in [0.1, 0.15) is 11.8 Å². The number of amides is 2. The summed E-state index contributed by atoms with van der Waals surface area (Å²) < 4.78 is 6.86. The van der Waals surface area contributed by atoms with Crippen molar-refractivity contribution in [1.29, 1.82) is 0 Å². The third-order valence-corrected chi connectivity index (χ3v) is 7.09. The molecule has 6 heteroatoms. The first-order chi connectivity index (χ1) is 17.3. The van der Waals surface area contributed by atoms with Crippen LogP contribution in [0.15, 0.2) is 77.3 Å². The summed E-state index contributed by atoms with van der Waals surface area (Å²) in [4.78, 5) is 28.8. The number of nitrogens with one attached hydrogen (secondary N) is 1. The van der Waals surface area contributed by atoms with E-state index in [0.717, 1.165) is 33.1 Å². The van der Waals surface area contributed by atoms with E-state index in [1.165, 1.54) is 0 Å². The summed E-state index contributed by atoms with van der Waals surface area (Å²) in [6, 6.07) is 22.8. The minimum atomic E-state index is -0.676. The number of ether oxygens (including phenoxy) is 1. The maximum absolute atomic E-state index is 13.7. The molecule has 0 aliphatic carbocycles. The van der Waals surface area contributed by atoms with E-state index in [9.17, 15) is 9.59 Å². The summed E-state index contributed by atoms with van der Waals surface area (Å²) in [6.45, 7) is 8.15. The highest BCUT2D eigenvalue weighted by Crippen LogP contribution is 2.22. The molecule has 0 bridgehead atoms. The molecular weight excluding hydrogens is 516 g/mol. The summed E-state index contributed by atoms with van der Waals surface area (Å²) in [6.07, 6.45) is 1.22. The van der Waals surface area contributed by atoms with Gasteiger partial charge in [0, 0.05) is 23.5 Å².